The first-order valence-corrected chi connectivity index (χ1v) is 5.86. The number of anilines is 2. The van der Waals surface area contributed by atoms with E-state index in [1.165, 1.54) is 18.2 Å². The summed E-state index contributed by atoms with van der Waals surface area (Å²) in [7, 11) is 0. The van der Waals surface area contributed by atoms with Crippen LogP contribution in [0.25, 0.3) is 0 Å². The molecule has 0 aliphatic heterocycles. The van der Waals surface area contributed by atoms with Crippen molar-refractivity contribution in [1.82, 2.24) is 0 Å². The summed E-state index contributed by atoms with van der Waals surface area (Å²) < 4.78 is 0. The van der Waals surface area contributed by atoms with Gasteiger partial charge in [0.25, 0.3) is 11.6 Å². The number of nitrogen functional groups attached to an aromatic ring is 1. The molecule has 0 unspecified atom stereocenters. The van der Waals surface area contributed by atoms with Crippen molar-refractivity contribution in [3.8, 4) is 6.07 Å². The minimum Gasteiger partial charge on any atom is -0.393 e. The zero-order chi connectivity index (χ0) is 15.4. The van der Waals surface area contributed by atoms with Gasteiger partial charge in [0.1, 0.15) is 5.69 Å². The van der Waals surface area contributed by atoms with E-state index in [0.717, 1.165) is 0 Å². The smallest absolute Gasteiger partial charge is 0.292 e. The second-order valence-electron chi connectivity index (χ2n) is 4.17. The molecule has 7 heteroatoms. The van der Waals surface area contributed by atoms with Crippen molar-refractivity contribution in [2.24, 2.45) is 0 Å². The number of nitro benzene ring substituents is 1. The lowest BCUT2D eigenvalue weighted by atomic mass is 10.1. The first-order valence-electron chi connectivity index (χ1n) is 5.86. The highest BCUT2D eigenvalue weighted by Gasteiger charge is 2.14. The van der Waals surface area contributed by atoms with Crippen LogP contribution >= 0.6 is 0 Å². The van der Waals surface area contributed by atoms with Crippen molar-refractivity contribution in [3.05, 3.63) is 63.7 Å². The molecular weight excluding hydrogens is 272 g/mol. The van der Waals surface area contributed by atoms with Crippen molar-refractivity contribution < 1.29 is 9.72 Å². The van der Waals surface area contributed by atoms with Gasteiger partial charge < -0.3 is 11.1 Å². The first kappa shape index (κ1) is 14.0. The fourth-order valence-electron chi connectivity index (χ4n) is 1.69. The fourth-order valence-corrected chi connectivity index (χ4v) is 1.69. The van der Waals surface area contributed by atoms with Gasteiger partial charge in [-0.3, -0.25) is 14.9 Å². The minimum atomic E-state index is -0.613. The molecule has 3 N–H and O–H groups in total. The maximum absolute atomic E-state index is 12.0. The molecule has 1 amide bonds. The second kappa shape index (κ2) is 5.71. The van der Waals surface area contributed by atoms with Crippen LogP contribution in [0, 0.1) is 21.4 Å². The first-order chi connectivity index (χ1) is 10.0. The summed E-state index contributed by atoms with van der Waals surface area (Å²) in [4.78, 5) is 22.0. The lowest BCUT2D eigenvalue weighted by molar-refractivity contribution is -0.383. The number of nitro groups is 1. The average Bonchev–Trinajstić information content (AvgIpc) is 2.47. The number of nitrogens with one attached hydrogen (secondary N) is 1. The number of carbonyl (C=O) groups excluding carboxylic acids is 1. The number of amides is 1. The van der Waals surface area contributed by atoms with Gasteiger partial charge >= 0.3 is 0 Å². The third-order valence-corrected chi connectivity index (χ3v) is 2.76. The highest BCUT2D eigenvalue weighted by Crippen LogP contribution is 2.22. The van der Waals surface area contributed by atoms with Crippen LogP contribution < -0.4 is 11.1 Å². The number of nitriles is 1. The quantitative estimate of drug-likeness (QED) is 0.508. The normalized spacial score (nSPS) is 9.67. The Morgan fingerprint density at radius 3 is 2.43 bits per heavy atom. The maximum atomic E-state index is 12.0. The predicted molar refractivity (Wildman–Crippen MR) is 76.6 cm³/mol. The third-order valence-electron chi connectivity index (χ3n) is 2.76. The SMILES string of the molecule is N#Cc1ccc(NC(=O)c2ccc([N+](=O)[O-])c(N)c2)cc1. The van der Waals surface area contributed by atoms with Gasteiger partial charge in [0.2, 0.25) is 0 Å². The second-order valence-corrected chi connectivity index (χ2v) is 4.17. The van der Waals surface area contributed by atoms with Crippen LogP contribution in [0.1, 0.15) is 15.9 Å². The number of rotatable bonds is 3. The molecule has 7 nitrogen and oxygen atoms in total. The lowest BCUT2D eigenvalue weighted by Gasteiger charge is -2.06. The molecule has 2 rings (SSSR count). The Hall–Kier alpha value is -3.40. The summed E-state index contributed by atoms with van der Waals surface area (Å²) >= 11 is 0. The van der Waals surface area contributed by atoms with E-state index in [9.17, 15) is 14.9 Å². The van der Waals surface area contributed by atoms with Gasteiger partial charge in [0.15, 0.2) is 0 Å². The summed E-state index contributed by atoms with van der Waals surface area (Å²) in [5.74, 6) is -0.443. The Morgan fingerprint density at radius 1 is 1.24 bits per heavy atom. The number of hydrogen-bond acceptors (Lipinski definition) is 5. The summed E-state index contributed by atoms with van der Waals surface area (Å²) in [5, 5.41) is 21.9. The molecule has 0 aliphatic rings. The van der Waals surface area contributed by atoms with Crippen LogP contribution in [-0.2, 0) is 0 Å². The zero-order valence-corrected chi connectivity index (χ0v) is 10.7. The van der Waals surface area contributed by atoms with Crippen molar-refractivity contribution in [2.75, 3.05) is 11.1 Å². The van der Waals surface area contributed by atoms with E-state index in [4.69, 9.17) is 11.0 Å². The summed E-state index contributed by atoms with van der Waals surface area (Å²) in [6.07, 6.45) is 0. The highest BCUT2D eigenvalue weighted by molar-refractivity contribution is 6.05. The maximum Gasteiger partial charge on any atom is 0.292 e. The minimum absolute atomic E-state index is 0.0764. The molecule has 0 atom stereocenters. The molecule has 0 bridgehead atoms. The van der Waals surface area contributed by atoms with Gasteiger partial charge in [-0.2, -0.15) is 5.26 Å². The molecule has 0 spiro atoms. The fraction of sp³-hybridized carbons (Fsp3) is 0. The molecule has 2 aromatic rings. The molecule has 0 radical (unpaired) electrons. The van der Waals surface area contributed by atoms with Crippen molar-refractivity contribution in [1.29, 1.82) is 5.26 Å². The topological polar surface area (TPSA) is 122 Å². The molecule has 0 aromatic heterocycles. The largest absolute Gasteiger partial charge is 0.393 e. The van der Waals surface area contributed by atoms with Gasteiger partial charge in [-0.05, 0) is 36.4 Å². The molecule has 0 saturated heterocycles. The van der Waals surface area contributed by atoms with E-state index in [1.54, 1.807) is 24.3 Å². The lowest BCUT2D eigenvalue weighted by Crippen LogP contribution is -2.12. The van der Waals surface area contributed by atoms with E-state index < -0.39 is 10.8 Å². The number of benzene rings is 2. The van der Waals surface area contributed by atoms with Crippen LogP contribution in [0.3, 0.4) is 0 Å². The third kappa shape index (κ3) is 3.13. The molecular formula is C14H10N4O3. The Labute approximate surface area is 119 Å². The Bertz CT molecular complexity index is 748. The van der Waals surface area contributed by atoms with Gasteiger partial charge in [0.05, 0.1) is 16.6 Å². The van der Waals surface area contributed by atoms with E-state index >= 15 is 0 Å². The summed E-state index contributed by atoms with van der Waals surface area (Å²) in [5.41, 5.74) is 6.41. The van der Waals surface area contributed by atoms with Gasteiger partial charge in [-0.25, -0.2) is 0 Å². The van der Waals surface area contributed by atoms with Crippen LogP contribution in [0.15, 0.2) is 42.5 Å². The van der Waals surface area contributed by atoms with E-state index in [-0.39, 0.29) is 16.9 Å². The average molecular weight is 282 g/mol. The number of carbonyl (C=O) groups is 1. The van der Waals surface area contributed by atoms with Crippen molar-refractivity contribution in [3.63, 3.8) is 0 Å². The number of nitrogens with two attached hydrogens (primary N) is 1. The molecule has 104 valence electrons. The predicted octanol–water partition coefficient (Wildman–Crippen LogP) is 2.30. The van der Waals surface area contributed by atoms with Crippen LogP contribution in [-0.4, -0.2) is 10.8 Å². The number of hydrogen-bond donors (Lipinski definition) is 2. The molecule has 0 aliphatic carbocycles. The van der Waals surface area contributed by atoms with E-state index in [0.29, 0.717) is 11.3 Å². The van der Waals surface area contributed by atoms with Crippen LogP contribution in [0.5, 0.6) is 0 Å². The summed E-state index contributed by atoms with van der Waals surface area (Å²) in [6, 6.07) is 12.0. The van der Waals surface area contributed by atoms with E-state index in [2.05, 4.69) is 5.32 Å². The Morgan fingerprint density at radius 2 is 1.90 bits per heavy atom. The van der Waals surface area contributed by atoms with Crippen LogP contribution in [0.2, 0.25) is 0 Å². The number of nitrogens with zero attached hydrogens (tertiary/aromatic N) is 2. The standard InChI is InChI=1S/C14H10N4O3/c15-8-9-1-4-11(5-2-9)17-14(19)10-3-6-13(18(20)21)12(16)7-10/h1-7H,16H2,(H,17,19). The van der Waals surface area contributed by atoms with Gasteiger partial charge in [0, 0.05) is 17.3 Å². The van der Waals surface area contributed by atoms with E-state index in [1.807, 2.05) is 6.07 Å². The van der Waals surface area contributed by atoms with Crippen LogP contribution in [0.4, 0.5) is 17.1 Å². The Balaban J connectivity index is 2.18. The molecule has 0 fully saturated rings. The monoisotopic (exact) mass is 282 g/mol. The molecule has 2 aromatic carbocycles. The molecule has 0 heterocycles. The Kier molecular flexibility index (Phi) is 3.81. The molecule has 0 saturated carbocycles. The van der Waals surface area contributed by atoms with Crippen molar-refractivity contribution in [2.45, 2.75) is 0 Å². The van der Waals surface area contributed by atoms with Gasteiger partial charge in [-0.1, -0.05) is 0 Å². The molecule has 21 heavy (non-hydrogen) atoms. The zero-order valence-electron chi connectivity index (χ0n) is 10.7. The van der Waals surface area contributed by atoms with Crippen molar-refractivity contribution >= 4 is 23.0 Å². The highest BCUT2D eigenvalue weighted by atomic mass is 16.6. The van der Waals surface area contributed by atoms with Gasteiger partial charge in [-0.15, -0.1) is 0 Å². The summed E-state index contributed by atoms with van der Waals surface area (Å²) in [6.45, 7) is 0.